The van der Waals surface area contributed by atoms with Crippen molar-refractivity contribution in [3.63, 3.8) is 0 Å². The van der Waals surface area contributed by atoms with Crippen LogP contribution in [-0.2, 0) is 0 Å². The Morgan fingerprint density at radius 3 is 2.83 bits per heavy atom. The first-order valence-electron chi connectivity index (χ1n) is 10.9. The molecule has 6 nitrogen and oxygen atoms in total. The number of aliphatic imine (C=N–C) groups is 1. The molecule has 1 saturated carbocycles. The molecule has 3 aliphatic rings. The van der Waals surface area contributed by atoms with Crippen LogP contribution in [-0.4, -0.2) is 78.7 Å². The van der Waals surface area contributed by atoms with Gasteiger partial charge in [-0.15, -0.1) is 0 Å². The summed E-state index contributed by atoms with van der Waals surface area (Å²) >= 11 is 8.42. The third kappa shape index (κ3) is 4.94. The normalized spacial score (nSPS) is 25.4. The Labute approximate surface area is 183 Å². The monoisotopic (exact) mass is 436 g/mol. The van der Waals surface area contributed by atoms with Crippen molar-refractivity contribution in [1.82, 2.24) is 20.5 Å². The summed E-state index contributed by atoms with van der Waals surface area (Å²) in [5, 5.41) is 8.03. The Balaban J connectivity index is 1.32. The van der Waals surface area contributed by atoms with Crippen molar-refractivity contribution >= 4 is 35.1 Å². The van der Waals surface area contributed by atoms with Crippen LogP contribution >= 0.6 is 23.4 Å². The second-order valence-corrected chi connectivity index (χ2v) is 9.97. The first kappa shape index (κ1) is 21.1. The predicted octanol–water partition coefficient (Wildman–Crippen LogP) is 2.84. The molecule has 0 radical (unpaired) electrons. The van der Waals surface area contributed by atoms with Crippen LogP contribution in [0.25, 0.3) is 0 Å². The molecule has 0 amide bonds. The second kappa shape index (κ2) is 9.75. The largest absolute Gasteiger partial charge is 0.355 e. The molecule has 29 heavy (non-hydrogen) atoms. The number of hydrogen-bond donors (Lipinski definition) is 2. The van der Waals surface area contributed by atoms with E-state index in [9.17, 15) is 0 Å². The van der Waals surface area contributed by atoms with Crippen LogP contribution in [0.3, 0.4) is 0 Å². The van der Waals surface area contributed by atoms with Crippen LogP contribution in [0.4, 0.5) is 5.82 Å². The van der Waals surface area contributed by atoms with Crippen LogP contribution < -0.4 is 15.5 Å². The number of pyridine rings is 1. The number of nitrogens with zero attached hydrogens (tertiary/aromatic N) is 4. The summed E-state index contributed by atoms with van der Waals surface area (Å²) in [4.78, 5) is 14.0. The summed E-state index contributed by atoms with van der Waals surface area (Å²) in [6, 6.07) is 4.14. The smallest absolute Gasteiger partial charge is 0.191 e. The van der Waals surface area contributed by atoms with Gasteiger partial charge in [0.15, 0.2) is 5.96 Å². The van der Waals surface area contributed by atoms with Crippen molar-refractivity contribution in [3.8, 4) is 0 Å². The lowest BCUT2D eigenvalue weighted by atomic mass is 9.94. The maximum atomic E-state index is 6.33. The lowest BCUT2D eigenvalue weighted by Crippen LogP contribution is -2.58. The average molecular weight is 437 g/mol. The molecule has 1 aromatic heterocycles. The van der Waals surface area contributed by atoms with Crippen molar-refractivity contribution in [1.29, 1.82) is 0 Å². The van der Waals surface area contributed by atoms with E-state index in [1.165, 1.54) is 50.3 Å². The molecule has 3 fully saturated rings. The average Bonchev–Trinajstić information content (AvgIpc) is 3.42. The van der Waals surface area contributed by atoms with Crippen molar-refractivity contribution < 1.29 is 0 Å². The third-order valence-electron chi connectivity index (χ3n) is 6.59. The minimum atomic E-state index is 0.307. The minimum Gasteiger partial charge on any atom is -0.355 e. The highest BCUT2D eigenvalue weighted by Gasteiger charge is 2.40. The molecule has 160 valence electrons. The van der Waals surface area contributed by atoms with Crippen molar-refractivity contribution in [2.45, 2.75) is 43.7 Å². The number of aromatic nitrogens is 1. The maximum absolute atomic E-state index is 6.33. The zero-order valence-electron chi connectivity index (χ0n) is 17.4. The molecular weight excluding hydrogens is 404 g/mol. The van der Waals surface area contributed by atoms with Gasteiger partial charge in [0.1, 0.15) is 5.82 Å². The van der Waals surface area contributed by atoms with Gasteiger partial charge in [0.25, 0.3) is 0 Å². The number of rotatable bonds is 5. The van der Waals surface area contributed by atoms with Gasteiger partial charge in [0.05, 0.1) is 5.02 Å². The van der Waals surface area contributed by atoms with E-state index >= 15 is 0 Å². The van der Waals surface area contributed by atoms with E-state index in [1.807, 2.05) is 25.4 Å². The molecule has 0 aromatic carbocycles. The highest BCUT2D eigenvalue weighted by molar-refractivity contribution is 7.99. The number of nitrogens with one attached hydrogen (secondary N) is 2. The second-order valence-electron chi connectivity index (χ2n) is 8.34. The molecule has 1 aliphatic carbocycles. The van der Waals surface area contributed by atoms with Gasteiger partial charge in [-0.3, -0.25) is 9.89 Å². The molecule has 1 atom stereocenters. The Bertz CT molecular complexity index is 702. The van der Waals surface area contributed by atoms with Crippen LogP contribution in [0.1, 0.15) is 32.1 Å². The fourth-order valence-electron chi connectivity index (χ4n) is 4.99. The van der Waals surface area contributed by atoms with E-state index in [0.717, 1.165) is 42.9 Å². The van der Waals surface area contributed by atoms with E-state index in [1.54, 1.807) is 0 Å². The standard InChI is InChI=1S/C21H33ClN6S/c1-23-20(25-16-21(7-2-3-8-21)28-11-13-29-14-12-28)26-17-6-10-27(15-17)19-18(22)5-4-9-24-19/h4-5,9,17H,2-3,6-8,10-16H2,1H3,(H2,23,25,26). The van der Waals surface area contributed by atoms with Gasteiger partial charge < -0.3 is 15.5 Å². The van der Waals surface area contributed by atoms with E-state index in [4.69, 9.17) is 11.6 Å². The summed E-state index contributed by atoms with van der Waals surface area (Å²) < 4.78 is 0. The molecule has 1 aromatic rings. The fraction of sp³-hybridized carbons (Fsp3) is 0.714. The Morgan fingerprint density at radius 1 is 1.31 bits per heavy atom. The molecule has 0 bridgehead atoms. The Hall–Kier alpha value is -1.18. The minimum absolute atomic E-state index is 0.307. The van der Waals surface area contributed by atoms with Crippen molar-refractivity contribution in [3.05, 3.63) is 23.4 Å². The molecule has 2 saturated heterocycles. The Morgan fingerprint density at radius 2 is 2.10 bits per heavy atom. The number of halogens is 1. The fourth-order valence-corrected chi connectivity index (χ4v) is 6.14. The number of guanidine groups is 1. The van der Waals surface area contributed by atoms with E-state index in [2.05, 4.69) is 42.2 Å². The maximum Gasteiger partial charge on any atom is 0.191 e. The van der Waals surface area contributed by atoms with Gasteiger partial charge >= 0.3 is 0 Å². The van der Waals surface area contributed by atoms with Gasteiger partial charge in [-0.25, -0.2) is 4.98 Å². The zero-order valence-corrected chi connectivity index (χ0v) is 18.9. The summed E-state index contributed by atoms with van der Waals surface area (Å²) in [7, 11) is 1.87. The van der Waals surface area contributed by atoms with E-state index < -0.39 is 0 Å². The topological polar surface area (TPSA) is 55.8 Å². The molecule has 0 spiro atoms. The molecule has 2 N–H and O–H groups in total. The number of thioether (sulfide) groups is 1. The number of anilines is 1. The summed E-state index contributed by atoms with van der Waals surface area (Å²) in [6.45, 7) is 5.29. The molecule has 2 aliphatic heterocycles. The molecule has 4 rings (SSSR count). The van der Waals surface area contributed by atoms with Crippen LogP contribution in [0, 0.1) is 0 Å². The molecule has 8 heteroatoms. The van der Waals surface area contributed by atoms with Gasteiger partial charge in [-0.05, 0) is 31.4 Å². The lowest BCUT2D eigenvalue weighted by molar-refractivity contribution is 0.107. The van der Waals surface area contributed by atoms with Gasteiger partial charge in [-0.2, -0.15) is 11.8 Å². The lowest BCUT2D eigenvalue weighted by Gasteiger charge is -2.43. The number of hydrogen-bond acceptors (Lipinski definition) is 5. The van der Waals surface area contributed by atoms with Crippen molar-refractivity contribution in [2.75, 3.05) is 56.2 Å². The van der Waals surface area contributed by atoms with Crippen LogP contribution in [0.5, 0.6) is 0 Å². The SMILES string of the molecule is CN=C(NCC1(N2CCSCC2)CCCC1)NC1CCN(c2ncccc2Cl)C1. The van der Waals surface area contributed by atoms with E-state index in [-0.39, 0.29) is 0 Å². The van der Waals surface area contributed by atoms with Gasteiger partial charge in [0.2, 0.25) is 0 Å². The quantitative estimate of drug-likeness (QED) is 0.546. The third-order valence-corrected chi connectivity index (χ3v) is 7.83. The first-order valence-corrected chi connectivity index (χ1v) is 12.4. The highest BCUT2D eigenvalue weighted by Crippen LogP contribution is 2.36. The first-order chi connectivity index (χ1) is 14.2. The van der Waals surface area contributed by atoms with Crippen LogP contribution in [0.15, 0.2) is 23.3 Å². The molecule has 3 heterocycles. The Kier molecular flexibility index (Phi) is 7.08. The molecule has 1 unspecified atom stereocenters. The highest BCUT2D eigenvalue weighted by atomic mass is 35.5. The summed E-state index contributed by atoms with van der Waals surface area (Å²) in [5.41, 5.74) is 0.307. The molecular formula is C21H33ClN6S. The predicted molar refractivity (Wildman–Crippen MR) is 124 cm³/mol. The van der Waals surface area contributed by atoms with Gasteiger partial charge in [-0.1, -0.05) is 24.4 Å². The van der Waals surface area contributed by atoms with Crippen LogP contribution in [0.2, 0.25) is 5.02 Å². The summed E-state index contributed by atoms with van der Waals surface area (Å²) in [6.07, 6.45) is 8.17. The zero-order chi connectivity index (χ0) is 20.1. The van der Waals surface area contributed by atoms with Gasteiger partial charge in [0, 0.05) is 69.1 Å². The van der Waals surface area contributed by atoms with E-state index in [0.29, 0.717) is 11.6 Å². The summed E-state index contributed by atoms with van der Waals surface area (Å²) in [5.74, 6) is 4.33. The van der Waals surface area contributed by atoms with Crippen molar-refractivity contribution in [2.24, 2.45) is 4.99 Å².